The molecule has 6 nitrogen and oxygen atoms in total. The van der Waals surface area contributed by atoms with Gasteiger partial charge in [0.15, 0.2) is 5.92 Å². The Morgan fingerprint density at radius 1 is 0.900 bits per heavy atom. The summed E-state index contributed by atoms with van der Waals surface area (Å²) in [6.07, 6.45) is 3.56. The third kappa shape index (κ3) is 7.56. The fourth-order valence-corrected chi connectivity index (χ4v) is 1.38. The maximum Gasteiger partial charge on any atom is 0.324 e. The Kier molecular flexibility index (Phi) is 10.00. The molecule has 0 aromatic heterocycles. The lowest BCUT2D eigenvalue weighted by Gasteiger charge is -2.10. The molecule has 0 fully saturated rings. The molecule has 0 aliphatic heterocycles. The summed E-state index contributed by atoms with van der Waals surface area (Å²) in [6, 6.07) is 0. The van der Waals surface area contributed by atoms with Gasteiger partial charge in [0, 0.05) is 6.42 Å². The van der Waals surface area contributed by atoms with Gasteiger partial charge in [0.05, 0.1) is 19.8 Å². The van der Waals surface area contributed by atoms with E-state index >= 15 is 0 Å². The largest absolute Gasteiger partial charge is 0.466 e. The van der Waals surface area contributed by atoms with Crippen LogP contribution in [-0.4, -0.2) is 37.7 Å². The normalized spacial score (nSPS) is 10.6. The summed E-state index contributed by atoms with van der Waals surface area (Å²) in [7, 11) is 0. The lowest BCUT2D eigenvalue weighted by Crippen LogP contribution is -2.26. The SMILES string of the molecule is CCOC(=O)CCC=CC(C(=O)OCC)C(=O)OCC. The van der Waals surface area contributed by atoms with Gasteiger partial charge >= 0.3 is 17.9 Å². The van der Waals surface area contributed by atoms with Gasteiger partial charge in [-0.1, -0.05) is 12.2 Å². The van der Waals surface area contributed by atoms with Crippen molar-refractivity contribution in [3.63, 3.8) is 0 Å². The van der Waals surface area contributed by atoms with E-state index in [1.165, 1.54) is 6.08 Å². The van der Waals surface area contributed by atoms with E-state index in [2.05, 4.69) is 0 Å². The molecule has 114 valence electrons. The van der Waals surface area contributed by atoms with Gasteiger partial charge in [-0.2, -0.15) is 0 Å². The summed E-state index contributed by atoms with van der Waals surface area (Å²) < 4.78 is 14.4. The van der Waals surface area contributed by atoms with E-state index in [0.29, 0.717) is 13.0 Å². The fourth-order valence-electron chi connectivity index (χ4n) is 1.38. The highest BCUT2D eigenvalue weighted by Gasteiger charge is 2.26. The summed E-state index contributed by atoms with van der Waals surface area (Å²) in [4.78, 5) is 34.4. The number of hydrogen-bond acceptors (Lipinski definition) is 6. The van der Waals surface area contributed by atoms with Crippen LogP contribution >= 0.6 is 0 Å². The van der Waals surface area contributed by atoms with Crippen molar-refractivity contribution in [1.82, 2.24) is 0 Å². The molecule has 0 aromatic rings. The van der Waals surface area contributed by atoms with Crippen LogP contribution in [0.5, 0.6) is 0 Å². The van der Waals surface area contributed by atoms with Crippen LogP contribution in [-0.2, 0) is 28.6 Å². The van der Waals surface area contributed by atoms with Crippen molar-refractivity contribution in [2.45, 2.75) is 33.6 Å². The number of allylic oxidation sites excluding steroid dienone is 1. The highest BCUT2D eigenvalue weighted by Crippen LogP contribution is 2.07. The van der Waals surface area contributed by atoms with Crippen LogP contribution in [0.25, 0.3) is 0 Å². The average molecular weight is 286 g/mol. The zero-order valence-corrected chi connectivity index (χ0v) is 12.2. The topological polar surface area (TPSA) is 78.9 Å². The molecule has 0 bridgehead atoms. The van der Waals surface area contributed by atoms with Crippen molar-refractivity contribution in [1.29, 1.82) is 0 Å². The highest BCUT2D eigenvalue weighted by atomic mass is 16.6. The van der Waals surface area contributed by atoms with E-state index in [9.17, 15) is 14.4 Å². The molecule has 0 saturated heterocycles. The lowest BCUT2D eigenvalue weighted by molar-refractivity contribution is -0.159. The van der Waals surface area contributed by atoms with E-state index in [-0.39, 0.29) is 25.6 Å². The summed E-state index contributed by atoms with van der Waals surface area (Å²) >= 11 is 0. The number of ether oxygens (including phenoxy) is 3. The quantitative estimate of drug-likeness (QED) is 0.277. The molecular weight excluding hydrogens is 264 g/mol. The third-order valence-corrected chi connectivity index (χ3v) is 2.23. The first-order chi connectivity index (χ1) is 9.56. The molecule has 0 aromatic carbocycles. The molecule has 0 spiro atoms. The smallest absolute Gasteiger partial charge is 0.324 e. The van der Waals surface area contributed by atoms with Gasteiger partial charge < -0.3 is 14.2 Å². The van der Waals surface area contributed by atoms with Crippen molar-refractivity contribution in [2.75, 3.05) is 19.8 Å². The minimum absolute atomic E-state index is 0.186. The summed E-state index contributed by atoms with van der Waals surface area (Å²) in [6.45, 7) is 5.74. The van der Waals surface area contributed by atoms with Crippen LogP contribution in [0, 0.1) is 5.92 Å². The van der Waals surface area contributed by atoms with Gasteiger partial charge in [0.1, 0.15) is 0 Å². The fraction of sp³-hybridized carbons (Fsp3) is 0.643. The molecular formula is C14H22O6. The first-order valence-corrected chi connectivity index (χ1v) is 6.72. The minimum Gasteiger partial charge on any atom is -0.466 e. The molecule has 0 aliphatic carbocycles. The number of carbonyl (C=O) groups excluding carboxylic acids is 3. The van der Waals surface area contributed by atoms with Crippen molar-refractivity contribution in [2.24, 2.45) is 5.92 Å². The predicted octanol–water partition coefficient (Wildman–Crippen LogP) is 1.63. The molecule has 0 N–H and O–H groups in total. The Bertz CT molecular complexity index is 330. The number of rotatable bonds is 9. The van der Waals surface area contributed by atoms with Crippen LogP contribution in [0.3, 0.4) is 0 Å². The Morgan fingerprint density at radius 2 is 1.40 bits per heavy atom. The van der Waals surface area contributed by atoms with Crippen molar-refractivity contribution >= 4 is 17.9 Å². The monoisotopic (exact) mass is 286 g/mol. The first kappa shape index (κ1) is 18.1. The molecule has 0 unspecified atom stereocenters. The maximum atomic E-state index is 11.6. The van der Waals surface area contributed by atoms with Gasteiger partial charge in [0.2, 0.25) is 0 Å². The second-order valence-electron chi connectivity index (χ2n) is 3.75. The second kappa shape index (κ2) is 11.0. The maximum absolute atomic E-state index is 11.6. The molecule has 0 radical (unpaired) electrons. The van der Waals surface area contributed by atoms with Crippen LogP contribution in [0.2, 0.25) is 0 Å². The Morgan fingerprint density at radius 3 is 1.85 bits per heavy atom. The van der Waals surface area contributed by atoms with E-state index in [4.69, 9.17) is 14.2 Å². The minimum atomic E-state index is -1.09. The molecule has 0 amide bonds. The van der Waals surface area contributed by atoms with E-state index < -0.39 is 17.9 Å². The number of carbonyl (C=O) groups is 3. The van der Waals surface area contributed by atoms with Crippen LogP contribution in [0.1, 0.15) is 33.6 Å². The van der Waals surface area contributed by atoms with E-state index in [1.54, 1.807) is 26.8 Å². The second-order valence-corrected chi connectivity index (χ2v) is 3.75. The van der Waals surface area contributed by atoms with Crippen molar-refractivity contribution in [3.05, 3.63) is 12.2 Å². The molecule has 0 rings (SSSR count). The lowest BCUT2D eigenvalue weighted by atomic mass is 10.1. The van der Waals surface area contributed by atoms with Gasteiger partial charge in [-0.25, -0.2) is 0 Å². The molecule has 20 heavy (non-hydrogen) atoms. The van der Waals surface area contributed by atoms with Gasteiger partial charge in [-0.3, -0.25) is 14.4 Å². The van der Waals surface area contributed by atoms with Gasteiger partial charge in [-0.15, -0.1) is 0 Å². The Labute approximate surface area is 119 Å². The van der Waals surface area contributed by atoms with Gasteiger partial charge in [-0.05, 0) is 27.2 Å². The van der Waals surface area contributed by atoms with E-state index in [0.717, 1.165) is 0 Å². The Balaban J connectivity index is 4.44. The average Bonchev–Trinajstić information content (AvgIpc) is 2.39. The number of esters is 3. The zero-order chi connectivity index (χ0) is 15.4. The predicted molar refractivity (Wildman–Crippen MR) is 71.8 cm³/mol. The standard InChI is InChI=1S/C14H22O6/c1-4-18-12(15)10-8-7-9-11(13(16)19-5-2)14(17)20-6-3/h7,9,11H,4-6,8,10H2,1-3H3. The van der Waals surface area contributed by atoms with Gasteiger partial charge in [0.25, 0.3) is 0 Å². The third-order valence-electron chi connectivity index (χ3n) is 2.23. The number of hydrogen-bond donors (Lipinski definition) is 0. The van der Waals surface area contributed by atoms with E-state index in [1.807, 2.05) is 0 Å². The molecule has 0 atom stereocenters. The van der Waals surface area contributed by atoms with Crippen molar-refractivity contribution in [3.8, 4) is 0 Å². The van der Waals surface area contributed by atoms with Crippen LogP contribution in [0.4, 0.5) is 0 Å². The first-order valence-electron chi connectivity index (χ1n) is 6.72. The molecule has 0 heterocycles. The molecule has 0 saturated carbocycles. The van der Waals surface area contributed by atoms with Crippen molar-refractivity contribution < 1.29 is 28.6 Å². The summed E-state index contributed by atoms with van der Waals surface area (Å²) in [5.41, 5.74) is 0. The zero-order valence-electron chi connectivity index (χ0n) is 12.2. The van der Waals surface area contributed by atoms with Crippen LogP contribution < -0.4 is 0 Å². The van der Waals surface area contributed by atoms with Crippen LogP contribution in [0.15, 0.2) is 12.2 Å². The molecule has 6 heteroatoms. The Hall–Kier alpha value is -1.85. The molecule has 0 aliphatic rings. The summed E-state index contributed by atoms with van der Waals surface area (Å²) in [5, 5.41) is 0. The summed E-state index contributed by atoms with van der Waals surface area (Å²) in [5.74, 6) is -2.71. The highest BCUT2D eigenvalue weighted by molar-refractivity contribution is 5.96.